The Labute approximate surface area is 118 Å². The van der Waals surface area contributed by atoms with Gasteiger partial charge in [0, 0.05) is 37.4 Å². The number of pyridine rings is 2. The molecule has 2 aromatic heterocycles. The molecular weight excluding hydrogens is 252 g/mol. The van der Waals surface area contributed by atoms with E-state index in [1.54, 1.807) is 19.4 Å². The lowest BCUT2D eigenvalue weighted by Crippen LogP contribution is -2.24. The van der Waals surface area contributed by atoms with Crippen molar-refractivity contribution >= 4 is 11.6 Å². The standard InChI is InChI=1S/C15H18N4O/c1-10-4-5-12(7-17-10)8-19-15(20)13-9-18-11(2)6-14(13)16-3/h4-7,9H,8H2,1-3H3,(H,16,18)(H,19,20). The molecule has 0 saturated heterocycles. The van der Waals surface area contributed by atoms with Crippen LogP contribution in [0.5, 0.6) is 0 Å². The summed E-state index contributed by atoms with van der Waals surface area (Å²) in [6.45, 7) is 4.27. The van der Waals surface area contributed by atoms with E-state index in [0.717, 1.165) is 22.6 Å². The molecule has 0 unspecified atom stereocenters. The molecular formula is C15H18N4O. The third kappa shape index (κ3) is 3.32. The maximum absolute atomic E-state index is 12.2. The van der Waals surface area contributed by atoms with Gasteiger partial charge in [0.2, 0.25) is 0 Å². The predicted molar refractivity (Wildman–Crippen MR) is 78.7 cm³/mol. The number of carbonyl (C=O) groups is 1. The molecule has 0 spiro atoms. The van der Waals surface area contributed by atoms with Crippen molar-refractivity contribution in [2.45, 2.75) is 20.4 Å². The number of hydrogen-bond donors (Lipinski definition) is 2. The normalized spacial score (nSPS) is 10.2. The van der Waals surface area contributed by atoms with Crippen LogP contribution in [0.25, 0.3) is 0 Å². The fraction of sp³-hybridized carbons (Fsp3) is 0.267. The molecule has 5 nitrogen and oxygen atoms in total. The molecule has 2 rings (SSSR count). The first-order valence-corrected chi connectivity index (χ1v) is 6.44. The minimum Gasteiger partial charge on any atom is -0.387 e. The van der Waals surface area contributed by atoms with E-state index in [2.05, 4.69) is 20.6 Å². The summed E-state index contributed by atoms with van der Waals surface area (Å²) < 4.78 is 0. The van der Waals surface area contributed by atoms with E-state index in [4.69, 9.17) is 0 Å². The van der Waals surface area contributed by atoms with Crippen molar-refractivity contribution < 1.29 is 4.79 Å². The topological polar surface area (TPSA) is 66.9 Å². The number of amides is 1. The molecule has 0 bridgehead atoms. The van der Waals surface area contributed by atoms with E-state index in [9.17, 15) is 4.79 Å². The highest BCUT2D eigenvalue weighted by Crippen LogP contribution is 2.14. The maximum atomic E-state index is 12.2. The number of hydrogen-bond acceptors (Lipinski definition) is 4. The van der Waals surface area contributed by atoms with Gasteiger partial charge in [0.1, 0.15) is 0 Å². The number of aryl methyl sites for hydroxylation is 2. The van der Waals surface area contributed by atoms with Gasteiger partial charge in [-0.25, -0.2) is 0 Å². The Morgan fingerprint density at radius 3 is 2.55 bits per heavy atom. The Balaban J connectivity index is 2.07. The highest BCUT2D eigenvalue weighted by Gasteiger charge is 2.11. The Kier molecular flexibility index (Phi) is 4.30. The maximum Gasteiger partial charge on any atom is 0.255 e. The second-order valence-electron chi connectivity index (χ2n) is 4.61. The number of nitrogens with one attached hydrogen (secondary N) is 2. The Bertz CT molecular complexity index is 608. The lowest BCUT2D eigenvalue weighted by atomic mass is 10.2. The van der Waals surface area contributed by atoms with E-state index in [1.807, 2.05) is 32.0 Å². The number of carbonyl (C=O) groups excluding carboxylic acids is 1. The van der Waals surface area contributed by atoms with Crippen LogP contribution >= 0.6 is 0 Å². The van der Waals surface area contributed by atoms with Crippen molar-refractivity contribution in [1.29, 1.82) is 0 Å². The minimum atomic E-state index is -0.151. The molecule has 0 fully saturated rings. The van der Waals surface area contributed by atoms with Gasteiger partial charge in [0.25, 0.3) is 5.91 Å². The van der Waals surface area contributed by atoms with Crippen LogP contribution in [0.2, 0.25) is 0 Å². The summed E-state index contributed by atoms with van der Waals surface area (Å²) in [6, 6.07) is 5.73. The highest BCUT2D eigenvalue weighted by atomic mass is 16.1. The van der Waals surface area contributed by atoms with E-state index < -0.39 is 0 Å². The predicted octanol–water partition coefficient (Wildman–Crippen LogP) is 2.07. The van der Waals surface area contributed by atoms with Crippen LogP contribution in [-0.4, -0.2) is 22.9 Å². The van der Waals surface area contributed by atoms with Crippen molar-refractivity contribution in [1.82, 2.24) is 15.3 Å². The third-order valence-corrected chi connectivity index (χ3v) is 2.98. The second-order valence-corrected chi connectivity index (χ2v) is 4.61. The molecule has 5 heteroatoms. The zero-order chi connectivity index (χ0) is 14.5. The Morgan fingerprint density at radius 1 is 1.15 bits per heavy atom. The number of nitrogens with zero attached hydrogens (tertiary/aromatic N) is 2. The van der Waals surface area contributed by atoms with Gasteiger partial charge in [-0.05, 0) is 31.5 Å². The zero-order valence-electron chi connectivity index (χ0n) is 11.9. The molecule has 0 aliphatic rings. The first kappa shape index (κ1) is 14.0. The van der Waals surface area contributed by atoms with Gasteiger partial charge >= 0.3 is 0 Å². The van der Waals surface area contributed by atoms with Crippen molar-refractivity contribution in [3.63, 3.8) is 0 Å². The van der Waals surface area contributed by atoms with Crippen LogP contribution in [0.15, 0.2) is 30.6 Å². The SMILES string of the molecule is CNc1cc(C)ncc1C(=O)NCc1ccc(C)nc1. The molecule has 0 aromatic carbocycles. The lowest BCUT2D eigenvalue weighted by molar-refractivity contribution is 0.0951. The monoisotopic (exact) mass is 270 g/mol. The van der Waals surface area contributed by atoms with Crippen LogP contribution in [0.1, 0.15) is 27.3 Å². The van der Waals surface area contributed by atoms with Crippen LogP contribution < -0.4 is 10.6 Å². The molecule has 0 aliphatic heterocycles. The molecule has 1 amide bonds. The summed E-state index contributed by atoms with van der Waals surface area (Å²) in [7, 11) is 1.79. The second kappa shape index (κ2) is 6.14. The molecule has 0 aliphatic carbocycles. The van der Waals surface area contributed by atoms with Crippen LogP contribution in [0, 0.1) is 13.8 Å². The van der Waals surface area contributed by atoms with E-state index in [-0.39, 0.29) is 5.91 Å². The third-order valence-electron chi connectivity index (χ3n) is 2.98. The number of rotatable bonds is 4. The quantitative estimate of drug-likeness (QED) is 0.892. The van der Waals surface area contributed by atoms with Crippen molar-refractivity contribution in [2.24, 2.45) is 0 Å². The summed E-state index contributed by atoms with van der Waals surface area (Å²) in [4.78, 5) is 20.5. The molecule has 20 heavy (non-hydrogen) atoms. The number of aromatic nitrogens is 2. The summed E-state index contributed by atoms with van der Waals surface area (Å²) in [5.41, 5.74) is 4.11. The smallest absolute Gasteiger partial charge is 0.255 e. The molecule has 0 radical (unpaired) electrons. The molecule has 0 saturated carbocycles. The molecule has 0 atom stereocenters. The number of anilines is 1. The summed E-state index contributed by atoms with van der Waals surface area (Å²) in [6.07, 6.45) is 3.35. The summed E-state index contributed by atoms with van der Waals surface area (Å²) in [5.74, 6) is -0.151. The summed E-state index contributed by atoms with van der Waals surface area (Å²) >= 11 is 0. The van der Waals surface area contributed by atoms with Gasteiger partial charge in [-0.1, -0.05) is 6.07 Å². The lowest BCUT2D eigenvalue weighted by Gasteiger charge is -2.10. The van der Waals surface area contributed by atoms with Gasteiger partial charge in [0.15, 0.2) is 0 Å². The van der Waals surface area contributed by atoms with Crippen LogP contribution in [-0.2, 0) is 6.54 Å². The first-order valence-electron chi connectivity index (χ1n) is 6.44. The summed E-state index contributed by atoms with van der Waals surface area (Å²) in [5, 5.41) is 5.88. The van der Waals surface area contributed by atoms with E-state index >= 15 is 0 Å². The molecule has 2 N–H and O–H groups in total. The fourth-order valence-electron chi connectivity index (χ4n) is 1.83. The van der Waals surface area contributed by atoms with E-state index in [1.165, 1.54) is 0 Å². The fourth-order valence-corrected chi connectivity index (χ4v) is 1.83. The van der Waals surface area contributed by atoms with Crippen molar-refractivity contribution in [3.05, 3.63) is 53.1 Å². The average Bonchev–Trinajstić information content (AvgIpc) is 2.46. The first-order chi connectivity index (χ1) is 9.60. The van der Waals surface area contributed by atoms with Crippen molar-refractivity contribution in [3.8, 4) is 0 Å². The van der Waals surface area contributed by atoms with Gasteiger partial charge in [0.05, 0.1) is 11.3 Å². The minimum absolute atomic E-state index is 0.151. The Hall–Kier alpha value is -2.43. The van der Waals surface area contributed by atoms with Gasteiger partial charge in [-0.15, -0.1) is 0 Å². The largest absolute Gasteiger partial charge is 0.387 e. The molecule has 104 valence electrons. The Morgan fingerprint density at radius 2 is 1.90 bits per heavy atom. The van der Waals surface area contributed by atoms with Gasteiger partial charge in [-0.3, -0.25) is 14.8 Å². The average molecular weight is 270 g/mol. The van der Waals surface area contributed by atoms with Crippen molar-refractivity contribution in [2.75, 3.05) is 12.4 Å². The van der Waals surface area contributed by atoms with Crippen LogP contribution in [0.3, 0.4) is 0 Å². The molecule has 2 heterocycles. The van der Waals surface area contributed by atoms with Gasteiger partial charge in [-0.2, -0.15) is 0 Å². The zero-order valence-corrected chi connectivity index (χ0v) is 11.9. The van der Waals surface area contributed by atoms with Gasteiger partial charge < -0.3 is 10.6 Å². The highest BCUT2D eigenvalue weighted by molar-refractivity contribution is 5.99. The van der Waals surface area contributed by atoms with E-state index in [0.29, 0.717) is 12.1 Å². The van der Waals surface area contributed by atoms with Crippen LogP contribution in [0.4, 0.5) is 5.69 Å². The molecule has 2 aromatic rings.